The number of anilines is 2. The van der Waals surface area contributed by atoms with E-state index in [9.17, 15) is 19.5 Å². The summed E-state index contributed by atoms with van der Waals surface area (Å²) >= 11 is 0. The summed E-state index contributed by atoms with van der Waals surface area (Å²) in [5.74, 6) is -0.476. The number of amides is 4. The van der Waals surface area contributed by atoms with Crippen molar-refractivity contribution in [1.29, 1.82) is 0 Å². The van der Waals surface area contributed by atoms with E-state index in [1.54, 1.807) is 54.1 Å². The first kappa shape index (κ1) is 34.4. The molecule has 246 valence electrons. The number of nitrogens with one attached hydrogen (secondary N) is 2. The number of fused-ring (bicyclic) bond motifs is 1. The Hall–Kier alpha value is -4.48. The number of urea groups is 1. The molecule has 1 aliphatic rings. The largest absolute Gasteiger partial charge is 0.490 e. The van der Waals surface area contributed by atoms with E-state index in [0.29, 0.717) is 35.8 Å². The first-order chi connectivity index (χ1) is 22.2. The van der Waals surface area contributed by atoms with Gasteiger partial charge in [-0.2, -0.15) is 0 Å². The Bertz CT molecular complexity index is 1440. The van der Waals surface area contributed by atoms with Crippen molar-refractivity contribution < 1.29 is 29.0 Å². The number of carbonyl (C=O) groups is 3. The molecule has 2 heterocycles. The molecule has 11 nitrogen and oxygen atoms in total. The standard InChI is InChI=1S/C35H45N5O6/c1-24-21-40(25(2)23-41)34(43)30-20-29(37-33(42)27-15-17-36-18-16-27)13-14-31(30)46-26(3)10-8-9-19-45-32(24)22-39(4)35(44)38-28-11-6-5-7-12-28/h5-7,11-18,20,24-26,32,41H,8-10,19,21-23H2,1-4H3,(H,37,42)(H,38,44)/t24-,25+,26+,32+/m1/s1. The highest BCUT2D eigenvalue weighted by Crippen LogP contribution is 2.29. The maximum Gasteiger partial charge on any atom is 0.321 e. The zero-order chi connectivity index (χ0) is 33.1. The third-order valence-electron chi connectivity index (χ3n) is 8.08. The Morgan fingerprint density at radius 1 is 1.04 bits per heavy atom. The Kier molecular flexibility index (Phi) is 12.5. The topological polar surface area (TPSA) is 133 Å². The van der Waals surface area contributed by atoms with E-state index in [1.807, 2.05) is 44.2 Å². The lowest BCUT2D eigenvalue weighted by molar-refractivity contribution is -0.0115. The summed E-state index contributed by atoms with van der Waals surface area (Å²) in [4.78, 5) is 47.4. The number of rotatable bonds is 7. The van der Waals surface area contributed by atoms with Crippen LogP contribution in [0.2, 0.25) is 0 Å². The molecule has 0 saturated carbocycles. The number of aliphatic hydroxyl groups excluding tert-OH is 1. The number of para-hydroxylation sites is 1. The average molecular weight is 632 g/mol. The van der Waals surface area contributed by atoms with Crippen molar-refractivity contribution in [2.24, 2.45) is 5.92 Å². The predicted octanol–water partition coefficient (Wildman–Crippen LogP) is 5.29. The predicted molar refractivity (Wildman–Crippen MR) is 177 cm³/mol. The fourth-order valence-electron chi connectivity index (χ4n) is 5.26. The van der Waals surface area contributed by atoms with Gasteiger partial charge in [0.05, 0.1) is 30.4 Å². The lowest BCUT2D eigenvalue weighted by atomic mass is 10.0. The molecule has 1 aromatic heterocycles. The van der Waals surface area contributed by atoms with Gasteiger partial charge in [-0.3, -0.25) is 14.6 Å². The molecule has 0 radical (unpaired) electrons. The van der Waals surface area contributed by atoms with Crippen LogP contribution in [-0.4, -0.2) is 89.3 Å². The highest BCUT2D eigenvalue weighted by molar-refractivity contribution is 6.05. The van der Waals surface area contributed by atoms with Crippen LogP contribution < -0.4 is 15.4 Å². The SMILES string of the molecule is C[C@@H]1CN([C@@H](C)CO)C(=O)c2cc(NC(=O)c3ccncc3)ccc2O[C@@H](C)CCCCO[C@H]1CN(C)C(=O)Nc1ccccc1. The van der Waals surface area contributed by atoms with E-state index in [2.05, 4.69) is 15.6 Å². The van der Waals surface area contributed by atoms with E-state index in [4.69, 9.17) is 9.47 Å². The quantitative estimate of drug-likeness (QED) is 0.323. The zero-order valence-corrected chi connectivity index (χ0v) is 27.0. The smallest absolute Gasteiger partial charge is 0.321 e. The zero-order valence-electron chi connectivity index (χ0n) is 27.0. The molecular weight excluding hydrogens is 586 g/mol. The maximum atomic E-state index is 14.3. The fourth-order valence-corrected chi connectivity index (χ4v) is 5.26. The molecule has 4 rings (SSSR count). The number of pyridine rings is 1. The second-order valence-electron chi connectivity index (χ2n) is 11.9. The number of hydrogen-bond acceptors (Lipinski definition) is 7. The molecule has 0 bridgehead atoms. The summed E-state index contributed by atoms with van der Waals surface area (Å²) in [5, 5.41) is 16.0. The first-order valence-electron chi connectivity index (χ1n) is 15.8. The first-order valence-corrected chi connectivity index (χ1v) is 15.8. The Morgan fingerprint density at radius 2 is 1.78 bits per heavy atom. The highest BCUT2D eigenvalue weighted by Gasteiger charge is 2.31. The fraction of sp³-hybridized carbons (Fsp3) is 0.429. The highest BCUT2D eigenvalue weighted by atomic mass is 16.5. The lowest BCUT2D eigenvalue weighted by Crippen LogP contribution is -2.48. The summed E-state index contributed by atoms with van der Waals surface area (Å²) in [6, 6.07) is 16.7. The number of hydrogen-bond donors (Lipinski definition) is 3. The molecule has 1 aliphatic heterocycles. The summed E-state index contributed by atoms with van der Waals surface area (Å²) < 4.78 is 12.6. The van der Waals surface area contributed by atoms with Crippen LogP contribution in [0, 0.1) is 5.92 Å². The van der Waals surface area contributed by atoms with Gasteiger partial charge in [0, 0.05) is 62.0 Å². The third-order valence-corrected chi connectivity index (χ3v) is 8.08. The van der Waals surface area contributed by atoms with Gasteiger partial charge < -0.3 is 35.0 Å². The van der Waals surface area contributed by atoms with E-state index < -0.39 is 6.04 Å². The number of nitrogens with zero attached hydrogens (tertiary/aromatic N) is 3. The summed E-state index contributed by atoms with van der Waals surface area (Å²) in [7, 11) is 1.72. The minimum absolute atomic E-state index is 0.182. The number of likely N-dealkylation sites (N-methyl/N-ethyl adjacent to an activating group) is 1. The normalized spacial score (nSPS) is 20.0. The van der Waals surface area contributed by atoms with Crippen LogP contribution in [-0.2, 0) is 4.74 Å². The number of benzene rings is 2. The van der Waals surface area contributed by atoms with Crippen molar-refractivity contribution in [3.63, 3.8) is 0 Å². The van der Waals surface area contributed by atoms with Gasteiger partial charge in [0.1, 0.15) is 5.75 Å². The van der Waals surface area contributed by atoms with Gasteiger partial charge in [-0.25, -0.2) is 4.79 Å². The van der Waals surface area contributed by atoms with Crippen molar-refractivity contribution in [3.8, 4) is 5.75 Å². The summed E-state index contributed by atoms with van der Waals surface area (Å²) in [5.41, 5.74) is 1.84. The summed E-state index contributed by atoms with van der Waals surface area (Å²) in [6.07, 6.45) is 4.91. The van der Waals surface area contributed by atoms with Crippen LogP contribution in [0.25, 0.3) is 0 Å². The summed E-state index contributed by atoms with van der Waals surface area (Å²) in [6.45, 7) is 6.51. The molecule has 3 N–H and O–H groups in total. The van der Waals surface area contributed by atoms with Crippen molar-refractivity contribution in [3.05, 3.63) is 84.2 Å². The Labute approximate surface area is 270 Å². The molecule has 11 heteroatoms. The van der Waals surface area contributed by atoms with E-state index in [-0.39, 0.29) is 54.7 Å². The average Bonchev–Trinajstić information content (AvgIpc) is 3.06. The van der Waals surface area contributed by atoms with Crippen molar-refractivity contribution >= 4 is 29.2 Å². The van der Waals surface area contributed by atoms with Crippen LogP contribution >= 0.6 is 0 Å². The lowest BCUT2D eigenvalue weighted by Gasteiger charge is -2.35. The molecule has 0 aliphatic carbocycles. The van der Waals surface area contributed by atoms with Gasteiger partial charge in [0.2, 0.25) is 0 Å². The molecule has 0 fully saturated rings. The van der Waals surface area contributed by atoms with E-state index in [1.165, 1.54) is 12.4 Å². The molecule has 4 amide bonds. The van der Waals surface area contributed by atoms with Gasteiger partial charge in [-0.05, 0) is 75.6 Å². The van der Waals surface area contributed by atoms with Gasteiger partial charge in [-0.15, -0.1) is 0 Å². The van der Waals surface area contributed by atoms with E-state index in [0.717, 1.165) is 19.3 Å². The van der Waals surface area contributed by atoms with Gasteiger partial charge in [0.15, 0.2) is 0 Å². The molecule has 0 spiro atoms. The van der Waals surface area contributed by atoms with Crippen molar-refractivity contribution in [2.75, 3.05) is 44.0 Å². The second-order valence-corrected chi connectivity index (χ2v) is 11.9. The van der Waals surface area contributed by atoms with Crippen LogP contribution in [0.4, 0.5) is 16.2 Å². The maximum absolute atomic E-state index is 14.3. The van der Waals surface area contributed by atoms with Crippen LogP contribution in [0.15, 0.2) is 73.1 Å². The number of carbonyl (C=O) groups excluding carboxylic acids is 3. The van der Waals surface area contributed by atoms with Gasteiger partial charge >= 0.3 is 6.03 Å². The minimum atomic E-state index is -0.525. The molecule has 0 saturated heterocycles. The number of aliphatic hydroxyl groups is 1. The Morgan fingerprint density at radius 3 is 2.50 bits per heavy atom. The third kappa shape index (κ3) is 9.51. The number of aromatic nitrogens is 1. The molecule has 4 atom stereocenters. The Balaban J connectivity index is 1.60. The van der Waals surface area contributed by atoms with Crippen molar-refractivity contribution in [1.82, 2.24) is 14.8 Å². The molecule has 0 unspecified atom stereocenters. The van der Waals surface area contributed by atoms with E-state index >= 15 is 0 Å². The molecular formula is C35H45N5O6. The van der Waals surface area contributed by atoms with Crippen molar-refractivity contribution in [2.45, 2.75) is 58.3 Å². The number of ether oxygens (including phenoxy) is 2. The van der Waals surface area contributed by atoms with Gasteiger partial charge in [-0.1, -0.05) is 25.1 Å². The van der Waals surface area contributed by atoms with Crippen LogP contribution in [0.1, 0.15) is 60.7 Å². The van der Waals surface area contributed by atoms with Gasteiger partial charge in [0.25, 0.3) is 11.8 Å². The molecule has 2 aromatic carbocycles. The second kappa shape index (κ2) is 16.7. The van der Waals surface area contributed by atoms with Crippen LogP contribution in [0.5, 0.6) is 5.75 Å². The monoisotopic (exact) mass is 631 g/mol. The molecule has 3 aromatic rings. The minimum Gasteiger partial charge on any atom is -0.490 e. The molecule has 46 heavy (non-hydrogen) atoms. The van der Waals surface area contributed by atoms with Crippen LogP contribution in [0.3, 0.4) is 0 Å².